The zero-order valence-electron chi connectivity index (χ0n) is 12.0. The molecule has 0 aliphatic heterocycles. The van der Waals surface area contributed by atoms with Crippen molar-refractivity contribution >= 4 is 17.7 Å². The number of esters is 1. The van der Waals surface area contributed by atoms with Crippen LogP contribution in [0.5, 0.6) is 0 Å². The summed E-state index contributed by atoms with van der Waals surface area (Å²) in [6, 6.07) is 5.73. The third-order valence-electron chi connectivity index (χ3n) is 3.44. The Morgan fingerprint density at radius 3 is 2.38 bits per heavy atom. The molecule has 108 valence electrons. The summed E-state index contributed by atoms with van der Waals surface area (Å²) >= 11 is 1.30. The Bertz CT molecular complexity index is 598. The first kappa shape index (κ1) is 16.8. The van der Waals surface area contributed by atoms with Crippen molar-refractivity contribution in [3.05, 3.63) is 21.6 Å². The number of methoxy groups -OCH3 is 1. The molecule has 0 heterocycles. The molecule has 0 N–H and O–H groups in total. The topological polar surface area (TPSA) is 97.7 Å². The average molecular weight is 301 g/mol. The number of carbonyl (C=O) groups is 1. The zero-order valence-corrected chi connectivity index (χ0v) is 12.8. The van der Waals surface area contributed by atoms with Crippen LogP contribution in [0.1, 0.15) is 25.7 Å². The van der Waals surface area contributed by atoms with Gasteiger partial charge in [-0.3, -0.25) is 0 Å². The highest BCUT2D eigenvalue weighted by Gasteiger charge is 2.29. The molecular formula is C15H15N3O2S. The molecule has 1 aliphatic carbocycles. The molecule has 21 heavy (non-hydrogen) atoms. The van der Waals surface area contributed by atoms with Gasteiger partial charge in [0.15, 0.2) is 0 Å². The maximum absolute atomic E-state index is 11.7. The summed E-state index contributed by atoms with van der Waals surface area (Å²) in [4.78, 5) is 12.3. The summed E-state index contributed by atoms with van der Waals surface area (Å²) < 4.78 is 4.65. The van der Waals surface area contributed by atoms with Gasteiger partial charge in [-0.2, -0.15) is 15.8 Å². The second-order valence-electron chi connectivity index (χ2n) is 4.47. The van der Waals surface area contributed by atoms with Crippen molar-refractivity contribution in [2.75, 3.05) is 13.4 Å². The van der Waals surface area contributed by atoms with Crippen LogP contribution in [0.2, 0.25) is 0 Å². The second-order valence-corrected chi connectivity index (χ2v) is 5.32. The molecule has 1 rings (SSSR count). The maximum atomic E-state index is 11.7. The van der Waals surface area contributed by atoms with Gasteiger partial charge >= 0.3 is 5.97 Å². The number of thioether (sulfide) groups is 1. The van der Waals surface area contributed by atoms with E-state index in [9.17, 15) is 10.1 Å². The van der Waals surface area contributed by atoms with Gasteiger partial charge in [0.05, 0.1) is 7.11 Å². The third kappa shape index (κ3) is 3.66. The van der Waals surface area contributed by atoms with E-state index in [1.54, 1.807) is 6.26 Å². The Morgan fingerprint density at radius 2 is 1.90 bits per heavy atom. The molecule has 0 unspecified atom stereocenters. The largest absolute Gasteiger partial charge is 0.465 e. The smallest absolute Gasteiger partial charge is 0.349 e. The van der Waals surface area contributed by atoms with Crippen LogP contribution in [-0.2, 0) is 9.53 Å². The Kier molecular flexibility index (Phi) is 6.53. The van der Waals surface area contributed by atoms with Crippen molar-refractivity contribution in [2.24, 2.45) is 5.92 Å². The van der Waals surface area contributed by atoms with Crippen LogP contribution in [0, 0.1) is 39.9 Å². The highest BCUT2D eigenvalue weighted by Crippen LogP contribution is 2.41. The van der Waals surface area contributed by atoms with Gasteiger partial charge in [0, 0.05) is 10.8 Å². The Balaban J connectivity index is 3.45. The highest BCUT2D eigenvalue weighted by atomic mass is 32.2. The highest BCUT2D eigenvalue weighted by molar-refractivity contribution is 8.02. The molecule has 1 fully saturated rings. The van der Waals surface area contributed by atoms with Crippen molar-refractivity contribution < 1.29 is 9.53 Å². The molecule has 1 aliphatic rings. The standard InChI is InChI=1S/C15H15N3O2S/c1-20-15(19)13(9-18)14(21-2)12-6-4-3-5-11(12)10(7-16)8-17/h12H,3-6H2,1-2H3/b14-13+/t12-/m0/s1. The van der Waals surface area contributed by atoms with Crippen LogP contribution >= 0.6 is 11.8 Å². The van der Waals surface area contributed by atoms with Crippen LogP contribution in [-0.4, -0.2) is 19.3 Å². The van der Waals surface area contributed by atoms with E-state index in [-0.39, 0.29) is 17.1 Å². The van der Waals surface area contributed by atoms with Crippen molar-refractivity contribution in [1.82, 2.24) is 0 Å². The van der Waals surface area contributed by atoms with Crippen LogP contribution in [0.15, 0.2) is 21.6 Å². The van der Waals surface area contributed by atoms with Crippen molar-refractivity contribution in [3.8, 4) is 18.2 Å². The first-order valence-corrected chi connectivity index (χ1v) is 7.66. The Labute approximate surface area is 128 Å². The molecule has 1 saturated carbocycles. The first-order valence-electron chi connectivity index (χ1n) is 6.44. The number of hydrogen-bond donors (Lipinski definition) is 0. The van der Waals surface area contributed by atoms with E-state index in [1.165, 1.54) is 18.9 Å². The summed E-state index contributed by atoms with van der Waals surface area (Å²) in [5.74, 6) is -0.904. The molecule has 0 radical (unpaired) electrons. The van der Waals surface area contributed by atoms with Gasteiger partial charge in [-0.15, -0.1) is 11.8 Å². The van der Waals surface area contributed by atoms with Crippen LogP contribution in [0.4, 0.5) is 0 Å². The lowest BCUT2D eigenvalue weighted by Crippen LogP contribution is -2.17. The predicted molar refractivity (Wildman–Crippen MR) is 78.4 cm³/mol. The number of allylic oxidation sites excluding steroid dienone is 3. The third-order valence-corrected chi connectivity index (χ3v) is 4.37. The zero-order chi connectivity index (χ0) is 15.8. The lowest BCUT2D eigenvalue weighted by atomic mass is 9.80. The summed E-state index contributed by atoms with van der Waals surface area (Å²) in [7, 11) is 1.23. The summed E-state index contributed by atoms with van der Waals surface area (Å²) in [5, 5.41) is 27.4. The van der Waals surface area contributed by atoms with E-state index >= 15 is 0 Å². The minimum Gasteiger partial charge on any atom is -0.465 e. The quantitative estimate of drug-likeness (QED) is 0.451. The predicted octanol–water partition coefficient (Wildman–Crippen LogP) is 2.83. The molecule has 0 aromatic rings. The van der Waals surface area contributed by atoms with Crippen LogP contribution in [0.25, 0.3) is 0 Å². The number of nitriles is 3. The fourth-order valence-corrected chi connectivity index (χ4v) is 3.37. The van der Waals surface area contributed by atoms with Gasteiger partial charge in [0.1, 0.15) is 29.4 Å². The molecule has 0 aromatic carbocycles. The minimum absolute atomic E-state index is 0.0374. The minimum atomic E-state index is -0.678. The van der Waals surface area contributed by atoms with E-state index in [2.05, 4.69) is 4.74 Å². The molecular weight excluding hydrogens is 286 g/mol. The van der Waals surface area contributed by atoms with Crippen LogP contribution in [0.3, 0.4) is 0 Å². The fraction of sp³-hybridized carbons (Fsp3) is 0.467. The molecule has 1 atom stereocenters. The Morgan fingerprint density at radius 1 is 1.24 bits per heavy atom. The lowest BCUT2D eigenvalue weighted by Gasteiger charge is -2.27. The van der Waals surface area contributed by atoms with Gasteiger partial charge in [-0.05, 0) is 31.1 Å². The molecule has 0 spiro atoms. The summed E-state index contributed by atoms with van der Waals surface area (Å²) in [6.45, 7) is 0. The number of carbonyl (C=O) groups excluding carboxylic acids is 1. The fourth-order valence-electron chi connectivity index (χ4n) is 2.49. The number of rotatable bonds is 3. The average Bonchev–Trinajstić information content (AvgIpc) is 2.53. The van der Waals surface area contributed by atoms with Crippen molar-refractivity contribution in [2.45, 2.75) is 25.7 Å². The monoisotopic (exact) mass is 301 g/mol. The van der Waals surface area contributed by atoms with Gasteiger partial charge in [0.25, 0.3) is 0 Å². The van der Waals surface area contributed by atoms with E-state index < -0.39 is 5.97 Å². The normalized spacial score (nSPS) is 18.6. The molecule has 0 saturated heterocycles. The van der Waals surface area contributed by atoms with Crippen molar-refractivity contribution in [3.63, 3.8) is 0 Å². The van der Waals surface area contributed by atoms with E-state index in [1.807, 2.05) is 18.2 Å². The number of ether oxygens (including phenoxy) is 1. The van der Waals surface area contributed by atoms with Gasteiger partial charge in [-0.25, -0.2) is 4.79 Å². The first-order chi connectivity index (χ1) is 10.1. The van der Waals surface area contributed by atoms with Gasteiger partial charge in [-0.1, -0.05) is 6.42 Å². The summed E-state index contributed by atoms with van der Waals surface area (Å²) in [6.07, 6.45) is 4.98. The molecule has 5 nitrogen and oxygen atoms in total. The Hall–Kier alpha value is -2.23. The van der Waals surface area contributed by atoms with E-state index in [4.69, 9.17) is 10.5 Å². The summed E-state index contributed by atoms with van der Waals surface area (Å²) in [5.41, 5.74) is 0.783. The second kappa shape index (κ2) is 8.15. The lowest BCUT2D eigenvalue weighted by molar-refractivity contribution is -0.135. The van der Waals surface area contributed by atoms with Gasteiger partial charge in [0.2, 0.25) is 0 Å². The maximum Gasteiger partial charge on any atom is 0.349 e. The molecule has 0 amide bonds. The molecule has 0 bridgehead atoms. The van der Waals surface area contributed by atoms with E-state index in [0.717, 1.165) is 24.8 Å². The number of nitrogens with zero attached hydrogens (tertiary/aromatic N) is 3. The van der Waals surface area contributed by atoms with E-state index in [0.29, 0.717) is 11.3 Å². The van der Waals surface area contributed by atoms with Gasteiger partial charge < -0.3 is 4.74 Å². The molecule has 6 heteroatoms. The number of hydrogen-bond acceptors (Lipinski definition) is 6. The van der Waals surface area contributed by atoms with Crippen LogP contribution < -0.4 is 0 Å². The molecule has 0 aromatic heterocycles. The van der Waals surface area contributed by atoms with Crippen molar-refractivity contribution in [1.29, 1.82) is 15.8 Å². The SMILES string of the molecule is COC(=O)/C(C#N)=C(/SC)[C@H]1CCCCC1=C(C#N)C#N.